The van der Waals surface area contributed by atoms with Crippen LogP contribution in [0.15, 0.2) is 0 Å². The summed E-state index contributed by atoms with van der Waals surface area (Å²) in [4.78, 5) is 2.12. The van der Waals surface area contributed by atoms with Gasteiger partial charge in [-0.2, -0.15) is 0 Å². The van der Waals surface area contributed by atoms with Crippen LogP contribution in [0, 0.1) is 0 Å². The van der Waals surface area contributed by atoms with E-state index < -0.39 is 5.60 Å². The molecule has 0 bridgehead atoms. The molecule has 0 aliphatic rings. The zero-order valence-corrected chi connectivity index (χ0v) is 9.49. The molecule has 0 aromatic heterocycles. The van der Waals surface area contributed by atoms with Crippen LogP contribution in [0.4, 0.5) is 0 Å². The second kappa shape index (κ2) is 7.17. The van der Waals surface area contributed by atoms with Crippen molar-refractivity contribution in [3.8, 4) is 0 Å². The zero-order chi connectivity index (χ0) is 11.0. The number of likely N-dealkylation sites (N-methyl/N-ethyl adjacent to an activating group) is 1. The van der Waals surface area contributed by atoms with Crippen LogP contribution < -0.4 is 0 Å². The molecule has 0 atom stereocenters. The molecule has 0 unspecified atom stereocenters. The Morgan fingerprint density at radius 3 is 2.36 bits per heavy atom. The standard InChI is InChI=1S/C10H23NO3/c1-4-11(9-10(2,3)13)5-7-14-8-6-12/h12-13H,4-9H2,1-3H3. The molecule has 86 valence electrons. The van der Waals surface area contributed by atoms with Gasteiger partial charge in [0.1, 0.15) is 0 Å². The third-order valence-electron chi connectivity index (χ3n) is 1.85. The van der Waals surface area contributed by atoms with Gasteiger partial charge in [0.2, 0.25) is 0 Å². The minimum absolute atomic E-state index is 0.0671. The molecule has 4 nitrogen and oxygen atoms in total. The Labute approximate surface area is 86.5 Å². The van der Waals surface area contributed by atoms with E-state index in [1.165, 1.54) is 0 Å². The van der Waals surface area contributed by atoms with Gasteiger partial charge in [-0.15, -0.1) is 0 Å². The highest BCUT2D eigenvalue weighted by molar-refractivity contribution is 4.71. The Kier molecular flexibility index (Phi) is 7.09. The maximum absolute atomic E-state index is 9.60. The van der Waals surface area contributed by atoms with Gasteiger partial charge in [-0.3, -0.25) is 4.90 Å². The molecule has 0 amide bonds. The van der Waals surface area contributed by atoms with E-state index in [2.05, 4.69) is 11.8 Å². The smallest absolute Gasteiger partial charge is 0.0718 e. The largest absolute Gasteiger partial charge is 0.394 e. The first kappa shape index (κ1) is 13.8. The summed E-state index contributed by atoms with van der Waals surface area (Å²) < 4.78 is 5.16. The Balaban J connectivity index is 3.58. The van der Waals surface area contributed by atoms with E-state index in [1.807, 2.05) is 0 Å². The number of nitrogens with zero attached hydrogens (tertiary/aromatic N) is 1. The van der Waals surface area contributed by atoms with Crippen LogP contribution in [0.1, 0.15) is 20.8 Å². The first-order chi connectivity index (χ1) is 6.49. The molecule has 0 rings (SSSR count). The van der Waals surface area contributed by atoms with Crippen molar-refractivity contribution in [2.24, 2.45) is 0 Å². The molecule has 0 saturated carbocycles. The molecule has 0 aliphatic heterocycles. The lowest BCUT2D eigenvalue weighted by atomic mass is 10.1. The number of hydrogen-bond donors (Lipinski definition) is 2. The third kappa shape index (κ3) is 8.44. The molecular weight excluding hydrogens is 182 g/mol. The predicted molar refractivity (Wildman–Crippen MR) is 56.3 cm³/mol. The average molecular weight is 205 g/mol. The van der Waals surface area contributed by atoms with E-state index >= 15 is 0 Å². The summed E-state index contributed by atoms with van der Waals surface area (Å²) in [6.45, 7) is 9.04. The summed E-state index contributed by atoms with van der Waals surface area (Å²) in [6, 6.07) is 0. The summed E-state index contributed by atoms with van der Waals surface area (Å²) in [5.41, 5.74) is -0.660. The van der Waals surface area contributed by atoms with E-state index in [4.69, 9.17) is 9.84 Å². The lowest BCUT2D eigenvalue weighted by molar-refractivity contribution is 0.0208. The van der Waals surface area contributed by atoms with Gasteiger partial charge < -0.3 is 14.9 Å². The van der Waals surface area contributed by atoms with Crippen LogP contribution in [0.2, 0.25) is 0 Å². The maximum atomic E-state index is 9.60. The van der Waals surface area contributed by atoms with Crippen molar-refractivity contribution in [3.63, 3.8) is 0 Å². The Bertz CT molecular complexity index is 134. The van der Waals surface area contributed by atoms with E-state index in [9.17, 15) is 5.11 Å². The molecule has 0 spiro atoms. The minimum Gasteiger partial charge on any atom is -0.394 e. The van der Waals surface area contributed by atoms with Gasteiger partial charge in [0.15, 0.2) is 0 Å². The van der Waals surface area contributed by atoms with Gasteiger partial charge in [0.05, 0.1) is 25.4 Å². The second-order valence-electron chi connectivity index (χ2n) is 4.02. The fraction of sp³-hybridized carbons (Fsp3) is 1.00. The van der Waals surface area contributed by atoms with Crippen molar-refractivity contribution in [2.75, 3.05) is 39.5 Å². The highest BCUT2D eigenvalue weighted by Crippen LogP contribution is 2.04. The predicted octanol–water partition coefficient (Wildman–Crippen LogP) is 0.0881. The summed E-state index contributed by atoms with van der Waals surface area (Å²) >= 11 is 0. The van der Waals surface area contributed by atoms with Crippen LogP contribution in [-0.4, -0.2) is 60.2 Å². The topological polar surface area (TPSA) is 52.9 Å². The number of aliphatic hydroxyl groups is 2. The maximum Gasteiger partial charge on any atom is 0.0718 e. The zero-order valence-electron chi connectivity index (χ0n) is 9.49. The lowest BCUT2D eigenvalue weighted by Gasteiger charge is -2.27. The Morgan fingerprint density at radius 2 is 1.93 bits per heavy atom. The normalized spacial score (nSPS) is 12.4. The van der Waals surface area contributed by atoms with Crippen molar-refractivity contribution >= 4 is 0 Å². The molecular formula is C10H23NO3. The van der Waals surface area contributed by atoms with E-state index in [1.54, 1.807) is 13.8 Å². The fourth-order valence-corrected chi connectivity index (χ4v) is 1.26. The number of hydrogen-bond acceptors (Lipinski definition) is 4. The number of ether oxygens (including phenoxy) is 1. The molecule has 14 heavy (non-hydrogen) atoms. The SMILES string of the molecule is CCN(CCOCCO)CC(C)(C)O. The van der Waals surface area contributed by atoms with Gasteiger partial charge in [0, 0.05) is 13.1 Å². The van der Waals surface area contributed by atoms with Crippen molar-refractivity contribution < 1.29 is 14.9 Å². The van der Waals surface area contributed by atoms with Gasteiger partial charge in [-0.05, 0) is 20.4 Å². The first-order valence-corrected chi connectivity index (χ1v) is 5.13. The molecule has 0 radical (unpaired) electrons. The molecule has 4 heteroatoms. The molecule has 0 fully saturated rings. The molecule has 0 heterocycles. The highest BCUT2D eigenvalue weighted by atomic mass is 16.5. The van der Waals surface area contributed by atoms with E-state index in [-0.39, 0.29) is 6.61 Å². The van der Waals surface area contributed by atoms with Gasteiger partial charge in [-0.1, -0.05) is 6.92 Å². The monoisotopic (exact) mass is 205 g/mol. The summed E-state index contributed by atoms with van der Waals surface area (Å²) in [6.07, 6.45) is 0. The summed E-state index contributed by atoms with van der Waals surface area (Å²) in [7, 11) is 0. The average Bonchev–Trinajstić information content (AvgIpc) is 2.08. The van der Waals surface area contributed by atoms with Crippen molar-refractivity contribution in [2.45, 2.75) is 26.4 Å². The van der Waals surface area contributed by atoms with Crippen LogP contribution in [0.5, 0.6) is 0 Å². The van der Waals surface area contributed by atoms with Crippen molar-refractivity contribution in [1.29, 1.82) is 0 Å². The van der Waals surface area contributed by atoms with Gasteiger partial charge in [0.25, 0.3) is 0 Å². The van der Waals surface area contributed by atoms with E-state index in [0.29, 0.717) is 19.8 Å². The third-order valence-corrected chi connectivity index (χ3v) is 1.85. The minimum atomic E-state index is -0.660. The van der Waals surface area contributed by atoms with Gasteiger partial charge in [-0.25, -0.2) is 0 Å². The van der Waals surface area contributed by atoms with Crippen molar-refractivity contribution in [3.05, 3.63) is 0 Å². The summed E-state index contributed by atoms with van der Waals surface area (Å²) in [5.74, 6) is 0. The van der Waals surface area contributed by atoms with E-state index in [0.717, 1.165) is 13.1 Å². The number of rotatable bonds is 8. The van der Waals surface area contributed by atoms with Gasteiger partial charge >= 0.3 is 0 Å². The quantitative estimate of drug-likeness (QED) is 0.551. The Morgan fingerprint density at radius 1 is 1.29 bits per heavy atom. The summed E-state index contributed by atoms with van der Waals surface area (Å²) in [5, 5.41) is 18.1. The molecule has 0 saturated heterocycles. The lowest BCUT2D eigenvalue weighted by Crippen LogP contribution is -2.40. The van der Waals surface area contributed by atoms with Crippen LogP contribution in [-0.2, 0) is 4.74 Å². The molecule has 0 aliphatic carbocycles. The number of aliphatic hydroxyl groups excluding tert-OH is 1. The first-order valence-electron chi connectivity index (χ1n) is 5.13. The van der Waals surface area contributed by atoms with Crippen LogP contribution in [0.3, 0.4) is 0 Å². The second-order valence-corrected chi connectivity index (χ2v) is 4.02. The molecule has 2 N–H and O–H groups in total. The Hall–Kier alpha value is -0.160. The molecule has 0 aromatic rings. The highest BCUT2D eigenvalue weighted by Gasteiger charge is 2.16. The van der Waals surface area contributed by atoms with Crippen LogP contribution >= 0.6 is 0 Å². The van der Waals surface area contributed by atoms with Crippen molar-refractivity contribution in [1.82, 2.24) is 4.90 Å². The fourth-order valence-electron chi connectivity index (χ4n) is 1.26. The van der Waals surface area contributed by atoms with Crippen LogP contribution in [0.25, 0.3) is 0 Å². The molecule has 0 aromatic carbocycles.